The number of nitrogens with zero attached hydrogens (tertiary/aromatic N) is 3. The largest absolute Gasteiger partial charge is 0.335 e. The highest BCUT2D eigenvalue weighted by Crippen LogP contribution is 2.17. The Bertz CT molecular complexity index is 702. The number of nitrogens with one attached hydrogen (secondary N) is 1. The molecule has 21 heavy (non-hydrogen) atoms. The molecule has 0 radical (unpaired) electrons. The third-order valence-corrected chi connectivity index (χ3v) is 6.03. The van der Waals surface area contributed by atoms with Gasteiger partial charge in [0.2, 0.25) is 0 Å². The lowest BCUT2D eigenvalue weighted by molar-refractivity contribution is 0.0702. The number of aromatic nitrogens is 2. The van der Waals surface area contributed by atoms with Gasteiger partial charge >= 0.3 is 0 Å². The summed E-state index contributed by atoms with van der Waals surface area (Å²) >= 11 is 1.39. The quantitative estimate of drug-likeness (QED) is 0.896. The van der Waals surface area contributed by atoms with E-state index in [2.05, 4.69) is 9.97 Å². The highest BCUT2D eigenvalue weighted by molar-refractivity contribution is 7.89. The first kappa shape index (κ1) is 14.2. The molecule has 1 fully saturated rings. The predicted molar refractivity (Wildman–Crippen MR) is 77.6 cm³/mol. The van der Waals surface area contributed by atoms with E-state index in [0.717, 1.165) is 0 Å². The Morgan fingerprint density at radius 2 is 2.05 bits per heavy atom. The SMILES string of the molecule is O=C(c1cccs1)N1CCN(S(=O)(=O)c2cnc[nH]2)CC1. The Hall–Kier alpha value is -1.71. The summed E-state index contributed by atoms with van der Waals surface area (Å²) in [5.74, 6) is -0.0383. The summed E-state index contributed by atoms with van der Waals surface area (Å²) in [4.78, 5) is 20.9. The number of hydrogen-bond acceptors (Lipinski definition) is 5. The van der Waals surface area contributed by atoms with Crippen LogP contribution in [0.25, 0.3) is 0 Å². The second-order valence-corrected chi connectivity index (χ2v) is 7.44. The van der Waals surface area contributed by atoms with Gasteiger partial charge in [0.05, 0.1) is 17.4 Å². The molecule has 1 aliphatic rings. The van der Waals surface area contributed by atoms with Crippen LogP contribution in [0.3, 0.4) is 0 Å². The fourth-order valence-corrected chi connectivity index (χ4v) is 4.22. The van der Waals surface area contributed by atoms with Gasteiger partial charge in [-0.05, 0) is 11.4 Å². The lowest BCUT2D eigenvalue weighted by Gasteiger charge is -2.33. The van der Waals surface area contributed by atoms with Gasteiger partial charge in [-0.25, -0.2) is 13.4 Å². The number of piperazine rings is 1. The highest BCUT2D eigenvalue weighted by Gasteiger charge is 2.31. The van der Waals surface area contributed by atoms with Gasteiger partial charge in [0.25, 0.3) is 15.9 Å². The molecule has 0 aliphatic carbocycles. The molecule has 3 rings (SSSR count). The summed E-state index contributed by atoms with van der Waals surface area (Å²) in [6.07, 6.45) is 2.63. The highest BCUT2D eigenvalue weighted by atomic mass is 32.2. The molecular weight excluding hydrogens is 312 g/mol. The maximum Gasteiger partial charge on any atom is 0.264 e. The normalized spacial score (nSPS) is 17.0. The minimum Gasteiger partial charge on any atom is -0.335 e. The van der Waals surface area contributed by atoms with Gasteiger partial charge in [0.15, 0.2) is 5.03 Å². The van der Waals surface area contributed by atoms with Crippen LogP contribution in [0, 0.1) is 0 Å². The van der Waals surface area contributed by atoms with Crippen LogP contribution in [0.4, 0.5) is 0 Å². The van der Waals surface area contributed by atoms with E-state index in [1.807, 2.05) is 11.4 Å². The van der Waals surface area contributed by atoms with E-state index in [4.69, 9.17) is 0 Å². The number of thiophene rings is 1. The lowest BCUT2D eigenvalue weighted by Crippen LogP contribution is -2.50. The van der Waals surface area contributed by atoms with Crippen LogP contribution in [0.2, 0.25) is 0 Å². The molecule has 0 aromatic carbocycles. The maximum absolute atomic E-state index is 12.3. The number of H-pyrrole nitrogens is 1. The monoisotopic (exact) mass is 326 g/mol. The number of amides is 1. The molecule has 1 aliphatic heterocycles. The number of hydrogen-bond donors (Lipinski definition) is 1. The smallest absolute Gasteiger partial charge is 0.264 e. The van der Waals surface area contributed by atoms with Crippen LogP contribution < -0.4 is 0 Å². The summed E-state index contributed by atoms with van der Waals surface area (Å²) in [5, 5.41) is 1.94. The fraction of sp³-hybridized carbons (Fsp3) is 0.333. The number of rotatable bonds is 3. The van der Waals surface area contributed by atoms with Crippen molar-refractivity contribution >= 4 is 27.3 Å². The maximum atomic E-state index is 12.3. The number of imidazole rings is 1. The van der Waals surface area contributed by atoms with Gasteiger partial charge < -0.3 is 9.88 Å². The van der Waals surface area contributed by atoms with Crippen molar-refractivity contribution in [2.45, 2.75) is 5.03 Å². The minimum absolute atomic E-state index is 0.0383. The first-order valence-corrected chi connectivity index (χ1v) is 8.72. The Kier molecular flexibility index (Phi) is 3.79. The van der Waals surface area contributed by atoms with Crippen molar-refractivity contribution in [1.82, 2.24) is 19.2 Å². The Morgan fingerprint density at radius 3 is 2.62 bits per heavy atom. The zero-order valence-corrected chi connectivity index (χ0v) is 12.7. The molecule has 2 aromatic rings. The van der Waals surface area contributed by atoms with E-state index >= 15 is 0 Å². The number of sulfonamides is 1. The average Bonchev–Trinajstić information content (AvgIpc) is 3.19. The topological polar surface area (TPSA) is 86.4 Å². The molecule has 2 aromatic heterocycles. The summed E-state index contributed by atoms with van der Waals surface area (Å²) in [5.41, 5.74) is 0. The number of carbonyl (C=O) groups excluding carboxylic acids is 1. The van der Waals surface area contributed by atoms with Crippen molar-refractivity contribution in [1.29, 1.82) is 0 Å². The van der Waals surface area contributed by atoms with Gasteiger partial charge in [-0.1, -0.05) is 6.07 Å². The second-order valence-electron chi connectivity index (χ2n) is 4.59. The standard InChI is InChI=1S/C12H14N4O3S2/c17-12(10-2-1-7-20-10)15-3-5-16(6-4-15)21(18,19)11-8-13-9-14-11/h1-2,7-9H,3-6H2,(H,13,14). The van der Waals surface area contributed by atoms with E-state index in [9.17, 15) is 13.2 Å². The van der Waals surface area contributed by atoms with Gasteiger partial charge in [-0.15, -0.1) is 11.3 Å². The predicted octanol–water partition coefficient (Wildman–Crippen LogP) is 0.618. The van der Waals surface area contributed by atoms with Crippen LogP contribution in [-0.2, 0) is 10.0 Å². The van der Waals surface area contributed by atoms with Gasteiger partial charge in [-0.2, -0.15) is 4.31 Å². The molecule has 0 atom stereocenters. The third-order valence-electron chi connectivity index (χ3n) is 3.35. The van der Waals surface area contributed by atoms with Crippen molar-refractivity contribution < 1.29 is 13.2 Å². The molecule has 0 unspecified atom stereocenters. The summed E-state index contributed by atoms with van der Waals surface area (Å²) in [6, 6.07) is 3.61. The van der Waals surface area contributed by atoms with E-state index in [0.29, 0.717) is 31.1 Å². The van der Waals surface area contributed by atoms with Crippen molar-refractivity contribution in [3.8, 4) is 0 Å². The second kappa shape index (κ2) is 5.58. The summed E-state index contributed by atoms with van der Waals surface area (Å²) in [6.45, 7) is 1.37. The van der Waals surface area contributed by atoms with Crippen molar-refractivity contribution in [2.75, 3.05) is 26.2 Å². The summed E-state index contributed by atoms with van der Waals surface area (Å²) in [7, 11) is -3.54. The first-order chi connectivity index (χ1) is 10.1. The van der Waals surface area contributed by atoms with E-state index in [-0.39, 0.29) is 10.9 Å². The molecule has 7 nitrogen and oxygen atoms in total. The Balaban J connectivity index is 1.67. The fourth-order valence-electron chi connectivity index (χ4n) is 2.21. The molecule has 0 saturated carbocycles. The van der Waals surface area contributed by atoms with Crippen LogP contribution in [0.15, 0.2) is 35.1 Å². The van der Waals surface area contributed by atoms with Crippen molar-refractivity contribution in [3.63, 3.8) is 0 Å². The zero-order chi connectivity index (χ0) is 14.9. The van der Waals surface area contributed by atoms with Gasteiger partial charge in [0.1, 0.15) is 0 Å². The van der Waals surface area contributed by atoms with Gasteiger partial charge in [-0.3, -0.25) is 4.79 Å². The molecule has 112 valence electrons. The third kappa shape index (κ3) is 2.71. The number of aromatic amines is 1. The minimum atomic E-state index is -3.54. The molecule has 1 saturated heterocycles. The van der Waals surface area contributed by atoms with Gasteiger partial charge in [0, 0.05) is 26.2 Å². The van der Waals surface area contributed by atoms with Crippen LogP contribution in [0.5, 0.6) is 0 Å². The van der Waals surface area contributed by atoms with Crippen molar-refractivity contribution in [3.05, 3.63) is 34.9 Å². The van der Waals surface area contributed by atoms with Crippen LogP contribution >= 0.6 is 11.3 Å². The average molecular weight is 326 g/mol. The lowest BCUT2D eigenvalue weighted by atomic mass is 10.3. The van der Waals surface area contributed by atoms with Crippen LogP contribution in [0.1, 0.15) is 9.67 Å². The molecule has 0 bridgehead atoms. The molecule has 1 amide bonds. The van der Waals surface area contributed by atoms with E-state index < -0.39 is 10.0 Å². The number of carbonyl (C=O) groups is 1. The molecule has 0 spiro atoms. The van der Waals surface area contributed by atoms with E-state index in [1.165, 1.54) is 28.2 Å². The zero-order valence-electron chi connectivity index (χ0n) is 11.1. The Labute approximate surface area is 126 Å². The molecule has 1 N–H and O–H groups in total. The Morgan fingerprint density at radius 1 is 1.29 bits per heavy atom. The molecule has 3 heterocycles. The summed E-state index contributed by atoms with van der Waals surface area (Å²) < 4.78 is 26.0. The van der Waals surface area contributed by atoms with Crippen LogP contribution in [-0.4, -0.2) is 59.7 Å². The van der Waals surface area contributed by atoms with Crippen molar-refractivity contribution in [2.24, 2.45) is 0 Å². The molecular formula is C12H14N4O3S2. The van der Waals surface area contributed by atoms with E-state index in [1.54, 1.807) is 11.0 Å². The first-order valence-electron chi connectivity index (χ1n) is 6.40. The molecule has 9 heteroatoms.